The first-order valence-corrected chi connectivity index (χ1v) is 6.91. The fourth-order valence-corrected chi connectivity index (χ4v) is 2.48. The van der Waals surface area contributed by atoms with Gasteiger partial charge in [-0.05, 0) is 6.07 Å². The van der Waals surface area contributed by atoms with Crippen molar-refractivity contribution in [3.05, 3.63) is 50.0 Å². The van der Waals surface area contributed by atoms with E-state index in [0.29, 0.717) is 0 Å². The Hall–Kier alpha value is -2.52. The van der Waals surface area contributed by atoms with E-state index in [9.17, 15) is 19.7 Å². The van der Waals surface area contributed by atoms with Crippen LogP contribution in [0.4, 0.5) is 10.8 Å². The third-order valence-electron chi connectivity index (χ3n) is 2.52. The second-order valence-corrected chi connectivity index (χ2v) is 5.33. The van der Waals surface area contributed by atoms with Crippen molar-refractivity contribution in [3.8, 4) is 0 Å². The summed E-state index contributed by atoms with van der Waals surface area (Å²) in [6.45, 7) is 0. The molecule has 0 aliphatic carbocycles. The second-order valence-electron chi connectivity index (χ2n) is 3.90. The maximum atomic E-state index is 12.0. The summed E-state index contributed by atoms with van der Waals surface area (Å²) >= 11 is 6.79. The third kappa shape index (κ3) is 3.38. The van der Waals surface area contributed by atoms with Crippen molar-refractivity contribution < 1.29 is 19.2 Å². The average Bonchev–Trinajstić information content (AvgIpc) is 2.94. The molecule has 0 fully saturated rings. The summed E-state index contributed by atoms with van der Waals surface area (Å²) in [6.07, 6.45) is 1.27. The number of nitrogens with one attached hydrogen (secondary N) is 1. The summed E-state index contributed by atoms with van der Waals surface area (Å²) in [5.74, 6) is -1.16. The number of carbonyl (C=O) groups excluding carboxylic acids is 2. The Morgan fingerprint density at radius 2 is 2.18 bits per heavy atom. The molecule has 1 aromatic carbocycles. The summed E-state index contributed by atoms with van der Waals surface area (Å²) in [5, 5.41) is 13.2. The topological polar surface area (TPSA) is 111 Å². The van der Waals surface area contributed by atoms with E-state index >= 15 is 0 Å². The molecule has 22 heavy (non-hydrogen) atoms. The molecule has 114 valence electrons. The normalized spacial score (nSPS) is 10.1. The zero-order valence-corrected chi connectivity index (χ0v) is 12.6. The van der Waals surface area contributed by atoms with Crippen molar-refractivity contribution in [3.63, 3.8) is 0 Å². The largest absolute Gasteiger partial charge is 0.465 e. The lowest BCUT2D eigenvalue weighted by molar-refractivity contribution is -0.384. The number of nitro groups is 1. The van der Waals surface area contributed by atoms with E-state index in [4.69, 9.17) is 11.6 Å². The molecule has 1 amide bonds. The van der Waals surface area contributed by atoms with Gasteiger partial charge < -0.3 is 4.74 Å². The highest BCUT2D eigenvalue weighted by atomic mass is 35.5. The minimum Gasteiger partial charge on any atom is -0.465 e. The fraction of sp³-hybridized carbons (Fsp3) is 0.0833. The van der Waals surface area contributed by atoms with Crippen molar-refractivity contribution in [2.45, 2.75) is 0 Å². The van der Waals surface area contributed by atoms with Gasteiger partial charge in [-0.2, -0.15) is 0 Å². The summed E-state index contributed by atoms with van der Waals surface area (Å²) in [5.41, 5.74) is -0.161. The minimum atomic E-state index is -0.614. The Balaban J connectivity index is 2.17. The molecule has 0 radical (unpaired) electrons. The number of nitrogens with zero attached hydrogens (tertiary/aromatic N) is 2. The number of hydrogen-bond acceptors (Lipinski definition) is 7. The molecule has 0 aliphatic heterocycles. The highest BCUT2D eigenvalue weighted by molar-refractivity contribution is 7.17. The number of esters is 1. The van der Waals surface area contributed by atoms with Crippen LogP contribution in [0.1, 0.15) is 20.0 Å². The number of halogens is 1. The number of rotatable bonds is 4. The smallest absolute Gasteiger partial charge is 0.349 e. The van der Waals surface area contributed by atoms with Gasteiger partial charge in [0.25, 0.3) is 11.6 Å². The SMILES string of the molecule is COC(=O)c1cnc(NC(=O)c2ccc([N+](=O)[O-])cc2Cl)s1. The maximum Gasteiger partial charge on any atom is 0.349 e. The van der Waals surface area contributed by atoms with E-state index in [0.717, 1.165) is 17.4 Å². The quantitative estimate of drug-likeness (QED) is 0.520. The predicted molar refractivity (Wildman–Crippen MR) is 79.5 cm³/mol. The number of thiazole rings is 1. The van der Waals surface area contributed by atoms with Gasteiger partial charge in [0.15, 0.2) is 5.13 Å². The van der Waals surface area contributed by atoms with Crippen molar-refractivity contribution >= 4 is 45.6 Å². The van der Waals surface area contributed by atoms with Gasteiger partial charge in [-0.3, -0.25) is 20.2 Å². The van der Waals surface area contributed by atoms with Gasteiger partial charge in [0.05, 0.1) is 28.8 Å². The fourth-order valence-electron chi connectivity index (χ4n) is 1.49. The Labute approximate surface area is 132 Å². The lowest BCUT2D eigenvalue weighted by atomic mass is 10.2. The standard InChI is InChI=1S/C12H8ClN3O5S/c1-21-11(18)9-5-14-12(22-9)15-10(17)7-3-2-6(16(19)20)4-8(7)13/h2-5H,1H3,(H,14,15,17). The lowest BCUT2D eigenvalue weighted by Crippen LogP contribution is -2.12. The molecule has 2 aromatic rings. The van der Waals surface area contributed by atoms with Crippen LogP contribution in [0, 0.1) is 10.1 Å². The third-order valence-corrected chi connectivity index (χ3v) is 3.73. The van der Waals surface area contributed by atoms with Gasteiger partial charge in [0.1, 0.15) is 4.88 Å². The van der Waals surface area contributed by atoms with Crippen LogP contribution in [-0.4, -0.2) is 28.9 Å². The number of carbonyl (C=O) groups is 2. The zero-order chi connectivity index (χ0) is 16.3. The number of nitro benzene ring substituents is 1. The van der Waals surface area contributed by atoms with E-state index in [1.807, 2.05) is 0 Å². The molecule has 0 aliphatic rings. The predicted octanol–water partition coefficient (Wildman–Crippen LogP) is 2.74. The van der Waals surface area contributed by atoms with Crippen LogP contribution in [0.25, 0.3) is 0 Å². The van der Waals surface area contributed by atoms with Crippen molar-refractivity contribution in [1.29, 1.82) is 0 Å². The summed E-state index contributed by atoms with van der Waals surface area (Å²) in [6, 6.07) is 3.49. The highest BCUT2D eigenvalue weighted by Gasteiger charge is 2.17. The maximum absolute atomic E-state index is 12.0. The monoisotopic (exact) mass is 341 g/mol. The Morgan fingerprint density at radius 3 is 2.77 bits per heavy atom. The minimum absolute atomic E-state index is 0.0575. The van der Waals surface area contributed by atoms with Gasteiger partial charge in [0, 0.05) is 12.1 Å². The molecule has 1 N–H and O–H groups in total. The molecule has 0 saturated heterocycles. The molecule has 10 heteroatoms. The highest BCUT2D eigenvalue weighted by Crippen LogP contribution is 2.24. The van der Waals surface area contributed by atoms with Gasteiger partial charge >= 0.3 is 5.97 Å². The van der Waals surface area contributed by atoms with E-state index < -0.39 is 16.8 Å². The van der Waals surface area contributed by atoms with Gasteiger partial charge in [-0.1, -0.05) is 22.9 Å². The number of aromatic nitrogens is 1. The van der Waals surface area contributed by atoms with E-state index in [2.05, 4.69) is 15.0 Å². The summed E-state index contributed by atoms with van der Waals surface area (Å²) < 4.78 is 4.53. The first-order chi connectivity index (χ1) is 10.4. The Kier molecular flexibility index (Phi) is 4.68. The number of benzene rings is 1. The number of methoxy groups -OCH3 is 1. The molecular weight excluding hydrogens is 334 g/mol. The van der Waals surface area contributed by atoms with Crippen LogP contribution in [-0.2, 0) is 4.74 Å². The lowest BCUT2D eigenvalue weighted by Gasteiger charge is -2.03. The number of amides is 1. The number of anilines is 1. The van der Waals surface area contributed by atoms with E-state index in [1.54, 1.807) is 0 Å². The van der Waals surface area contributed by atoms with Gasteiger partial charge in [-0.25, -0.2) is 9.78 Å². The summed E-state index contributed by atoms with van der Waals surface area (Å²) in [4.78, 5) is 37.4. The molecule has 8 nitrogen and oxygen atoms in total. The van der Waals surface area contributed by atoms with Crippen molar-refractivity contribution in [2.75, 3.05) is 12.4 Å². The van der Waals surface area contributed by atoms with Crippen LogP contribution in [0.3, 0.4) is 0 Å². The Bertz CT molecular complexity index is 761. The van der Waals surface area contributed by atoms with Crippen molar-refractivity contribution in [1.82, 2.24) is 4.98 Å². The zero-order valence-electron chi connectivity index (χ0n) is 11.0. The Morgan fingerprint density at radius 1 is 1.45 bits per heavy atom. The van der Waals surface area contributed by atoms with Crippen LogP contribution in [0.2, 0.25) is 5.02 Å². The van der Waals surface area contributed by atoms with Crippen LogP contribution < -0.4 is 5.32 Å². The van der Waals surface area contributed by atoms with E-state index in [-0.39, 0.29) is 26.3 Å². The molecule has 2 rings (SSSR count). The molecule has 0 atom stereocenters. The van der Waals surface area contributed by atoms with Crippen molar-refractivity contribution in [2.24, 2.45) is 0 Å². The second kappa shape index (κ2) is 6.50. The van der Waals surface area contributed by atoms with Crippen LogP contribution >= 0.6 is 22.9 Å². The molecule has 0 spiro atoms. The first kappa shape index (κ1) is 15.9. The van der Waals surface area contributed by atoms with Crippen LogP contribution in [0.15, 0.2) is 24.4 Å². The van der Waals surface area contributed by atoms with Crippen LogP contribution in [0.5, 0.6) is 0 Å². The summed E-state index contributed by atoms with van der Waals surface area (Å²) in [7, 11) is 1.23. The molecule has 0 bridgehead atoms. The van der Waals surface area contributed by atoms with Gasteiger partial charge in [0.2, 0.25) is 0 Å². The molecule has 0 saturated carbocycles. The molecular formula is C12H8ClN3O5S. The first-order valence-electron chi connectivity index (χ1n) is 5.72. The number of non-ortho nitro benzene ring substituents is 1. The molecule has 0 unspecified atom stereocenters. The molecule has 1 aromatic heterocycles. The number of hydrogen-bond donors (Lipinski definition) is 1. The average molecular weight is 342 g/mol. The molecule has 1 heterocycles. The van der Waals surface area contributed by atoms with E-state index in [1.165, 1.54) is 25.4 Å². The number of ether oxygens (including phenoxy) is 1. The van der Waals surface area contributed by atoms with Gasteiger partial charge in [-0.15, -0.1) is 0 Å².